The highest BCUT2D eigenvalue weighted by molar-refractivity contribution is 5.51. The Morgan fingerprint density at radius 2 is 1.68 bits per heavy atom. The number of benzene rings is 2. The van der Waals surface area contributed by atoms with Gasteiger partial charge in [-0.1, -0.05) is 31.5 Å². The monoisotopic (exact) mass is 261 g/mol. The molecule has 0 bridgehead atoms. The summed E-state index contributed by atoms with van der Waals surface area (Å²) in [6.07, 6.45) is 2.05. The summed E-state index contributed by atoms with van der Waals surface area (Å²) in [5, 5.41) is 3.24. The van der Waals surface area contributed by atoms with Crippen LogP contribution in [0.3, 0.4) is 0 Å². The van der Waals surface area contributed by atoms with Crippen molar-refractivity contribution in [3.8, 4) is 0 Å². The SMILES string of the molecule is CCCc1ccccc1NCc1cc(F)cc(F)c1. The summed E-state index contributed by atoms with van der Waals surface area (Å²) in [5.41, 5.74) is 2.85. The summed E-state index contributed by atoms with van der Waals surface area (Å²) in [7, 11) is 0. The Balaban J connectivity index is 2.09. The molecule has 100 valence electrons. The highest BCUT2D eigenvalue weighted by Gasteiger charge is 2.03. The van der Waals surface area contributed by atoms with Gasteiger partial charge in [-0.25, -0.2) is 8.78 Å². The smallest absolute Gasteiger partial charge is 0.126 e. The average Bonchev–Trinajstić information content (AvgIpc) is 2.37. The highest BCUT2D eigenvalue weighted by atomic mass is 19.1. The molecule has 0 atom stereocenters. The lowest BCUT2D eigenvalue weighted by atomic mass is 10.1. The van der Waals surface area contributed by atoms with Crippen molar-refractivity contribution >= 4 is 5.69 Å². The molecule has 19 heavy (non-hydrogen) atoms. The van der Waals surface area contributed by atoms with Crippen LogP contribution < -0.4 is 5.32 Å². The normalized spacial score (nSPS) is 10.5. The molecule has 0 saturated carbocycles. The minimum atomic E-state index is -0.543. The average molecular weight is 261 g/mol. The van der Waals surface area contributed by atoms with Crippen LogP contribution in [-0.4, -0.2) is 0 Å². The van der Waals surface area contributed by atoms with Gasteiger partial charge in [-0.2, -0.15) is 0 Å². The second-order valence-electron chi connectivity index (χ2n) is 4.54. The van der Waals surface area contributed by atoms with E-state index >= 15 is 0 Å². The van der Waals surface area contributed by atoms with E-state index in [2.05, 4.69) is 18.3 Å². The molecule has 2 rings (SSSR count). The predicted octanol–water partition coefficient (Wildman–Crippen LogP) is 4.53. The van der Waals surface area contributed by atoms with Crippen molar-refractivity contribution in [2.24, 2.45) is 0 Å². The number of nitrogens with one attached hydrogen (secondary N) is 1. The van der Waals surface area contributed by atoms with E-state index in [1.807, 2.05) is 18.2 Å². The maximum Gasteiger partial charge on any atom is 0.126 e. The van der Waals surface area contributed by atoms with Crippen molar-refractivity contribution in [3.63, 3.8) is 0 Å². The van der Waals surface area contributed by atoms with E-state index in [1.165, 1.54) is 17.7 Å². The number of aryl methyl sites for hydroxylation is 1. The Kier molecular flexibility index (Phi) is 4.50. The van der Waals surface area contributed by atoms with E-state index in [0.29, 0.717) is 12.1 Å². The van der Waals surface area contributed by atoms with Crippen LogP contribution in [0.5, 0.6) is 0 Å². The second-order valence-corrected chi connectivity index (χ2v) is 4.54. The molecule has 1 N–H and O–H groups in total. The van der Waals surface area contributed by atoms with Gasteiger partial charge < -0.3 is 5.32 Å². The Bertz CT molecular complexity index is 532. The first kappa shape index (κ1) is 13.5. The molecule has 0 aliphatic carbocycles. The van der Waals surface area contributed by atoms with E-state index in [9.17, 15) is 8.78 Å². The van der Waals surface area contributed by atoms with Crippen molar-refractivity contribution in [1.82, 2.24) is 0 Å². The molecule has 0 fully saturated rings. The zero-order valence-corrected chi connectivity index (χ0v) is 10.9. The van der Waals surface area contributed by atoms with E-state index in [0.717, 1.165) is 24.6 Å². The van der Waals surface area contributed by atoms with Crippen LogP contribution >= 0.6 is 0 Å². The van der Waals surface area contributed by atoms with Crippen LogP contribution in [0.2, 0.25) is 0 Å². The van der Waals surface area contributed by atoms with Gasteiger partial charge in [0.25, 0.3) is 0 Å². The zero-order chi connectivity index (χ0) is 13.7. The predicted molar refractivity (Wildman–Crippen MR) is 74.1 cm³/mol. The largest absolute Gasteiger partial charge is 0.381 e. The molecule has 0 saturated heterocycles. The van der Waals surface area contributed by atoms with E-state index < -0.39 is 11.6 Å². The maximum absolute atomic E-state index is 13.1. The highest BCUT2D eigenvalue weighted by Crippen LogP contribution is 2.18. The molecule has 0 amide bonds. The Morgan fingerprint density at radius 3 is 2.37 bits per heavy atom. The molecule has 0 unspecified atom stereocenters. The molecule has 0 heterocycles. The molecule has 0 aliphatic heterocycles. The maximum atomic E-state index is 13.1. The number of hydrogen-bond donors (Lipinski definition) is 1. The summed E-state index contributed by atoms with van der Waals surface area (Å²) in [6.45, 7) is 2.54. The van der Waals surface area contributed by atoms with Gasteiger partial charge in [-0.05, 0) is 35.7 Å². The number of anilines is 1. The second kappa shape index (κ2) is 6.32. The first-order chi connectivity index (χ1) is 9.19. The van der Waals surface area contributed by atoms with E-state index in [4.69, 9.17) is 0 Å². The number of halogens is 2. The van der Waals surface area contributed by atoms with E-state index in [-0.39, 0.29) is 0 Å². The standard InChI is InChI=1S/C16H17F2N/c1-2-5-13-6-3-4-7-16(13)19-11-12-8-14(17)10-15(18)9-12/h3-4,6-10,19H,2,5,11H2,1H3. The van der Waals surface area contributed by atoms with Crippen molar-refractivity contribution < 1.29 is 8.78 Å². The zero-order valence-electron chi connectivity index (χ0n) is 10.9. The van der Waals surface area contributed by atoms with Gasteiger partial charge >= 0.3 is 0 Å². The fourth-order valence-corrected chi connectivity index (χ4v) is 2.09. The molecule has 2 aromatic rings. The van der Waals surface area contributed by atoms with Crippen LogP contribution in [0.15, 0.2) is 42.5 Å². The number of hydrogen-bond acceptors (Lipinski definition) is 1. The third-order valence-corrected chi connectivity index (χ3v) is 2.94. The van der Waals surface area contributed by atoms with Gasteiger partial charge in [-0.15, -0.1) is 0 Å². The van der Waals surface area contributed by atoms with Gasteiger partial charge in [0, 0.05) is 18.3 Å². The van der Waals surface area contributed by atoms with Gasteiger partial charge in [0.2, 0.25) is 0 Å². The quantitative estimate of drug-likeness (QED) is 0.833. The van der Waals surface area contributed by atoms with Gasteiger partial charge in [-0.3, -0.25) is 0 Å². The molecule has 0 aromatic heterocycles. The van der Waals surface area contributed by atoms with Crippen LogP contribution in [-0.2, 0) is 13.0 Å². The molecule has 2 aromatic carbocycles. The lowest BCUT2D eigenvalue weighted by molar-refractivity contribution is 0.580. The van der Waals surface area contributed by atoms with Gasteiger partial charge in [0.1, 0.15) is 11.6 Å². The molecule has 1 nitrogen and oxygen atoms in total. The minimum absolute atomic E-state index is 0.412. The lowest BCUT2D eigenvalue weighted by Crippen LogP contribution is -2.03. The molecule has 0 aliphatic rings. The van der Waals surface area contributed by atoms with Crippen LogP contribution in [0.25, 0.3) is 0 Å². The molecule has 3 heteroatoms. The third-order valence-electron chi connectivity index (χ3n) is 2.94. The van der Waals surface area contributed by atoms with E-state index in [1.54, 1.807) is 0 Å². The van der Waals surface area contributed by atoms with Crippen molar-refractivity contribution in [3.05, 3.63) is 65.2 Å². The van der Waals surface area contributed by atoms with Crippen LogP contribution in [0, 0.1) is 11.6 Å². The van der Waals surface area contributed by atoms with Gasteiger partial charge in [0.05, 0.1) is 0 Å². The summed E-state index contributed by atoms with van der Waals surface area (Å²) in [4.78, 5) is 0. The lowest BCUT2D eigenvalue weighted by Gasteiger charge is -2.11. The first-order valence-corrected chi connectivity index (χ1v) is 6.46. The fraction of sp³-hybridized carbons (Fsp3) is 0.250. The van der Waals surface area contributed by atoms with Crippen molar-refractivity contribution in [1.29, 1.82) is 0 Å². The van der Waals surface area contributed by atoms with Crippen LogP contribution in [0.1, 0.15) is 24.5 Å². The summed E-state index contributed by atoms with van der Waals surface area (Å²) in [6, 6.07) is 11.6. The summed E-state index contributed by atoms with van der Waals surface area (Å²) < 4.78 is 26.2. The number of para-hydroxylation sites is 1. The molecule has 0 radical (unpaired) electrons. The summed E-state index contributed by atoms with van der Waals surface area (Å²) >= 11 is 0. The topological polar surface area (TPSA) is 12.0 Å². The van der Waals surface area contributed by atoms with Gasteiger partial charge in [0.15, 0.2) is 0 Å². The third kappa shape index (κ3) is 3.78. The number of rotatable bonds is 5. The summed E-state index contributed by atoms with van der Waals surface area (Å²) in [5.74, 6) is -1.09. The Hall–Kier alpha value is -1.90. The van der Waals surface area contributed by atoms with Crippen molar-refractivity contribution in [2.75, 3.05) is 5.32 Å². The Morgan fingerprint density at radius 1 is 1.00 bits per heavy atom. The van der Waals surface area contributed by atoms with Crippen LogP contribution in [0.4, 0.5) is 14.5 Å². The fourth-order valence-electron chi connectivity index (χ4n) is 2.09. The molecular weight excluding hydrogens is 244 g/mol. The minimum Gasteiger partial charge on any atom is -0.381 e. The first-order valence-electron chi connectivity index (χ1n) is 6.46. The molecular formula is C16H17F2N. The van der Waals surface area contributed by atoms with Crippen molar-refractivity contribution in [2.45, 2.75) is 26.3 Å². The molecule has 0 spiro atoms. The Labute approximate surface area is 112 Å².